The SMILES string of the molecule is CCOc1ccccc1NC(=O)C(C)OC(=O)CNC(=O)c1ccccc1F. The number of hydrogen-bond donors (Lipinski definition) is 2. The summed E-state index contributed by atoms with van der Waals surface area (Å²) < 4.78 is 23.9. The number of rotatable bonds is 8. The molecule has 7 nitrogen and oxygen atoms in total. The predicted octanol–water partition coefficient (Wildman–Crippen LogP) is 2.52. The summed E-state index contributed by atoms with van der Waals surface area (Å²) in [6, 6.07) is 12.2. The van der Waals surface area contributed by atoms with Gasteiger partial charge in [0.15, 0.2) is 6.10 Å². The van der Waals surface area contributed by atoms with E-state index in [1.165, 1.54) is 25.1 Å². The lowest BCUT2D eigenvalue weighted by atomic mass is 10.2. The molecule has 8 heteroatoms. The second-order valence-electron chi connectivity index (χ2n) is 5.71. The number of anilines is 1. The van der Waals surface area contributed by atoms with Gasteiger partial charge in [-0.05, 0) is 38.1 Å². The summed E-state index contributed by atoms with van der Waals surface area (Å²) in [4.78, 5) is 36.0. The van der Waals surface area contributed by atoms with Gasteiger partial charge in [-0.3, -0.25) is 14.4 Å². The van der Waals surface area contributed by atoms with Crippen LogP contribution in [0.5, 0.6) is 5.75 Å². The molecule has 0 aliphatic carbocycles. The summed E-state index contributed by atoms with van der Waals surface area (Å²) >= 11 is 0. The van der Waals surface area contributed by atoms with Crippen molar-refractivity contribution in [2.24, 2.45) is 0 Å². The Morgan fingerprint density at radius 3 is 2.46 bits per heavy atom. The molecule has 2 amide bonds. The van der Waals surface area contributed by atoms with Crippen molar-refractivity contribution in [3.63, 3.8) is 0 Å². The Labute approximate surface area is 161 Å². The van der Waals surface area contributed by atoms with E-state index in [2.05, 4.69) is 10.6 Å². The van der Waals surface area contributed by atoms with Crippen molar-refractivity contribution in [1.29, 1.82) is 0 Å². The lowest BCUT2D eigenvalue weighted by molar-refractivity contribution is -0.152. The van der Waals surface area contributed by atoms with E-state index < -0.39 is 36.2 Å². The van der Waals surface area contributed by atoms with Crippen molar-refractivity contribution in [2.45, 2.75) is 20.0 Å². The van der Waals surface area contributed by atoms with E-state index >= 15 is 0 Å². The highest BCUT2D eigenvalue weighted by Gasteiger charge is 2.20. The summed E-state index contributed by atoms with van der Waals surface area (Å²) in [6.07, 6.45) is -1.10. The summed E-state index contributed by atoms with van der Waals surface area (Å²) in [5, 5.41) is 4.87. The van der Waals surface area contributed by atoms with Gasteiger partial charge in [-0.25, -0.2) is 4.39 Å². The van der Waals surface area contributed by atoms with E-state index in [1.807, 2.05) is 6.92 Å². The Kier molecular flexibility index (Phi) is 7.50. The Morgan fingerprint density at radius 2 is 1.75 bits per heavy atom. The molecule has 0 aliphatic rings. The zero-order valence-corrected chi connectivity index (χ0v) is 15.5. The van der Waals surface area contributed by atoms with Crippen LogP contribution < -0.4 is 15.4 Å². The number of amides is 2. The number of esters is 1. The molecule has 148 valence electrons. The van der Waals surface area contributed by atoms with Crippen LogP contribution in [0, 0.1) is 5.82 Å². The van der Waals surface area contributed by atoms with Crippen LogP contribution >= 0.6 is 0 Å². The molecule has 0 saturated carbocycles. The third-order valence-corrected chi connectivity index (χ3v) is 3.63. The first-order chi connectivity index (χ1) is 13.4. The van der Waals surface area contributed by atoms with Gasteiger partial charge >= 0.3 is 5.97 Å². The minimum absolute atomic E-state index is 0.186. The van der Waals surface area contributed by atoms with Crippen molar-refractivity contribution < 1.29 is 28.2 Å². The van der Waals surface area contributed by atoms with E-state index in [9.17, 15) is 18.8 Å². The molecule has 0 fully saturated rings. The van der Waals surface area contributed by atoms with Crippen molar-refractivity contribution in [3.8, 4) is 5.75 Å². The molecule has 2 aromatic rings. The molecule has 0 spiro atoms. The van der Waals surface area contributed by atoms with Crippen molar-refractivity contribution >= 4 is 23.5 Å². The van der Waals surface area contributed by atoms with Gasteiger partial charge in [-0.15, -0.1) is 0 Å². The second kappa shape index (κ2) is 10.1. The normalized spacial score (nSPS) is 11.2. The lowest BCUT2D eigenvalue weighted by Gasteiger charge is -2.16. The van der Waals surface area contributed by atoms with Crippen LogP contribution in [0.2, 0.25) is 0 Å². The van der Waals surface area contributed by atoms with Crippen molar-refractivity contribution in [3.05, 3.63) is 59.9 Å². The smallest absolute Gasteiger partial charge is 0.326 e. The van der Waals surface area contributed by atoms with Crippen LogP contribution in [0.25, 0.3) is 0 Å². The van der Waals surface area contributed by atoms with Gasteiger partial charge in [-0.2, -0.15) is 0 Å². The van der Waals surface area contributed by atoms with Gasteiger partial charge in [0.05, 0.1) is 17.9 Å². The number of carbonyl (C=O) groups excluding carboxylic acids is 3. The average molecular weight is 388 g/mol. The molecule has 0 aliphatic heterocycles. The first-order valence-corrected chi connectivity index (χ1v) is 8.67. The summed E-state index contributed by atoms with van der Waals surface area (Å²) in [5.74, 6) is -2.34. The maximum atomic E-state index is 13.5. The molecular formula is C20H21FN2O5. The minimum atomic E-state index is -1.10. The first-order valence-electron chi connectivity index (χ1n) is 8.67. The van der Waals surface area contributed by atoms with Crippen LogP contribution in [-0.2, 0) is 14.3 Å². The Hall–Kier alpha value is -3.42. The molecule has 0 aromatic heterocycles. The average Bonchev–Trinajstić information content (AvgIpc) is 2.68. The second-order valence-corrected chi connectivity index (χ2v) is 5.71. The monoisotopic (exact) mass is 388 g/mol. The fourth-order valence-electron chi connectivity index (χ4n) is 2.27. The van der Waals surface area contributed by atoms with Crippen LogP contribution in [-0.4, -0.2) is 37.0 Å². The number of carbonyl (C=O) groups is 3. The number of nitrogens with one attached hydrogen (secondary N) is 2. The van der Waals surface area contributed by atoms with Crippen LogP contribution in [0.4, 0.5) is 10.1 Å². The molecule has 1 atom stereocenters. The molecule has 0 bridgehead atoms. The summed E-state index contributed by atoms with van der Waals surface area (Å²) in [5.41, 5.74) is 0.263. The van der Waals surface area contributed by atoms with Crippen molar-refractivity contribution in [2.75, 3.05) is 18.5 Å². The third kappa shape index (κ3) is 5.80. The molecule has 2 N–H and O–H groups in total. The molecular weight excluding hydrogens is 367 g/mol. The van der Waals surface area contributed by atoms with Crippen LogP contribution in [0.3, 0.4) is 0 Å². The topological polar surface area (TPSA) is 93.7 Å². The van der Waals surface area contributed by atoms with E-state index in [1.54, 1.807) is 24.3 Å². The molecule has 1 unspecified atom stereocenters. The number of halogens is 1. The predicted molar refractivity (Wildman–Crippen MR) is 101 cm³/mol. The minimum Gasteiger partial charge on any atom is -0.492 e. The van der Waals surface area contributed by atoms with Gasteiger partial charge in [0.25, 0.3) is 11.8 Å². The highest BCUT2D eigenvalue weighted by Crippen LogP contribution is 2.23. The van der Waals surface area contributed by atoms with Crippen molar-refractivity contribution in [1.82, 2.24) is 5.32 Å². The first kappa shape index (κ1) is 20.9. The summed E-state index contributed by atoms with van der Waals surface area (Å²) in [6.45, 7) is 3.15. The number of ether oxygens (including phenoxy) is 2. The van der Waals surface area contributed by atoms with E-state index in [4.69, 9.17) is 9.47 Å². The Morgan fingerprint density at radius 1 is 1.07 bits per heavy atom. The molecule has 2 aromatic carbocycles. The molecule has 28 heavy (non-hydrogen) atoms. The third-order valence-electron chi connectivity index (χ3n) is 3.63. The Balaban J connectivity index is 1.86. The number of para-hydroxylation sites is 2. The van der Waals surface area contributed by atoms with E-state index in [-0.39, 0.29) is 5.56 Å². The van der Waals surface area contributed by atoms with E-state index in [0.29, 0.717) is 18.0 Å². The van der Waals surface area contributed by atoms with Gasteiger partial charge < -0.3 is 20.1 Å². The largest absolute Gasteiger partial charge is 0.492 e. The standard InChI is InChI=1S/C20H21FN2O5/c1-3-27-17-11-7-6-10-16(17)23-19(25)13(2)28-18(24)12-22-20(26)14-8-4-5-9-15(14)21/h4-11,13H,3,12H2,1-2H3,(H,22,26)(H,23,25). The maximum Gasteiger partial charge on any atom is 0.326 e. The molecule has 0 radical (unpaired) electrons. The van der Waals surface area contributed by atoms with E-state index in [0.717, 1.165) is 6.07 Å². The molecule has 2 rings (SSSR count). The fourth-order valence-corrected chi connectivity index (χ4v) is 2.27. The Bertz CT molecular complexity index is 856. The van der Waals surface area contributed by atoms with Gasteiger partial charge in [0, 0.05) is 0 Å². The van der Waals surface area contributed by atoms with Gasteiger partial charge in [0.2, 0.25) is 0 Å². The highest BCUT2D eigenvalue weighted by atomic mass is 19.1. The zero-order chi connectivity index (χ0) is 20.5. The van der Waals surface area contributed by atoms with Gasteiger partial charge in [0.1, 0.15) is 18.1 Å². The van der Waals surface area contributed by atoms with Crippen LogP contribution in [0.1, 0.15) is 24.2 Å². The summed E-state index contributed by atoms with van der Waals surface area (Å²) in [7, 11) is 0. The lowest BCUT2D eigenvalue weighted by Crippen LogP contribution is -2.36. The zero-order valence-electron chi connectivity index (χ0n) is 15.5. The highest BCUT2D eigenvalue weighted by molar-refractivity contribution is 5.98. The van der Waals surface area contributed by atoms with Crippen LogP contribution in [0.15, 0.2) is 48.5 Å². The molecule has 0 heterocycles. The maximum absolute atomic E-state index is 13.5. The fraction of sp³-hybridized carbons (Fsp3) is 0.250. The number of hydrogen-bond acceptors (Lipinski definition) is 5. The van der Waals surface area contributed by atoms with Gasteiger partial charge in [-0.1, -0.05) is 24.3 Å². The quantitative estimate of drug-likeness (QED) is 0.678. The molecule has 0 saturated heterocycles. The number of benzene rings is 2.